The summed E-state index contributed by atoms with van der Waals surface area (Å²) in [5.41, 5.74) is 6.95. The predicted octanol–water partition coefficient (Wildman–Crippen LogP) is 2.48. The zero-order valence-electron chi connectivity index (χ0n) is 25.7. The van der Waals surface area contributed by atoms with Crippen LogP contribution in [0.15, 0.2) is 12.1 Å². The molecule has 3 fully saturated rings. The van der Waals surface area contributed by atoms with Crippen molar-refractivity contribution < 1.29 is 39.6 Å². The number of ketones is 3. The molecule has 10 heteroatoms. The SMILES string of the molecule is CC(C)[C@H]1C(O)[C@@H](C(N)=O)C(=O)[C@]2(O)C(O)[C@H]3C(=O)c4c(O)ccc(N)c4[C@@H](C)[C@]3(C)[C@@H](CC(=O)C3CCCCC3)[C@]12C. The first kappa shape index (κ1) is 31.6. The Balaban J connectivity index is 1.83. The van der Waals surface area contributed by atoms with Gasteiger partial charge in [0.15, 0.2) is 17.2 Å². The number of nitrogen functional groups attached to an aromatic ring is 1. The molecular formula is C33H46N2O8. The van der Waals surface area contributed by atoms with E-state index >= 15 is 0 Å². The molecule has 0 spiro atoms. The lowest BCUT2D eigenvalue weighted by molar-refractivity contribution is -0.292. The summed E-state index contributed by atoms with van der Waals surface area (Å²) in [6.45, 7) is 8.79. The molecule has 10 nitrogen and oxygen atoms in total. The van der Waals surface area contributed by atoms with Gasteiger partial charge in [0, 0.05) is 23.4 Å². The second-order valence-electron chi connectivity index (χ2n) is 14.4. The lowest BCUT2D eigenvalue weighted by Crippen LogP contribution is -2.82. The van der Waals surface area contributed by atoms with Crippen LogP contribution in [0.3, 0.4) is 0 Å². The van der Waals surface area contributed by atoms with Crippen molar-refractivity contribution in [2.24, 2.45) is 52.1 Å². The number of hydrogen-bond donors (Lipinski definition) is 6. The molecule has 0 bridgehead atoms. The number of aliphatic hydroxyl groups is 3. The first-order valence-corrected chi connectivity index (χ1v) is 15.6. The molecule has 236 valence electrons. The third-order valence-corrected chi connectivity index (χ3v) is 12.4. The van der Waals surface area contributed by atoms with Crippen LogP contribution in [-0.4, -0.2) is 61.5 Å². The van der Waals surface area contributed by atoms with Crippen LogP contribution in [0.1, 0.15) is 95.0 Å². The number of hydrogen-bond acceptors (Lipinski definition) is 9. The van der Waals surface area contributed by atoms with Gasteiger partial charge in [0.1, 0.15) is 23.6 Å². The van der Waals surface area contributed by atoms with Crippen LogP contribution in [0.2, 0.25) is 0 Å². The first-order valence-electron chi connectivity index (χ1n) is 15.6. The number of aliphatic hydroxyl groups excluding tert-OH is 2. The van der Waals surface area contributed by atoms with Crippen LogP contribution in [0.4, 0.5) is 5.69 Å². The number of primary amides is 1. The van der Waals surface area contributed by atoms with Crippen molar-refractivity contribution >= 4 is 28.9 Å². The van der Waals surface area contributed by atoms with Gasteiger partial charge in [-0.1, -0.05) is 53.9 Å². The van der Waals surface area contributed by atoms with Crippen LogP contribution >= 0.6 is 0 Å². The second-order valence-corrected chi connectivity index (χ2v) is 14.4. The monoisotopic (exact) mass is 598 g/mol. The third-order valence-electron chi connectivity index (χ3n) is 12.4. The Morgan fingerprint density at radius 1 is 1.07 bits per heavy atom. The number of phenolic OH excluding ortho intramolecular Hbond substituents is 1. The van der Waals surface area contributed by atoms with Gasteiger partial charge in [-0.25, -0.2) is 0 Å². The Hall–Kier alpha value is -2.82. The smallest absolute Gasteiger partial charge is 0.230 e. The van der Waals surface area contributed by atoms with E-state index in [4.69, 9.17) is 11.5 Å². The van der Waals surface area contributed by atoms with E-state index in [9.17, 15) is 39.6 Å². The van der Waals surface area contributed by atoms with E-state index < -0.39 is 81.6 Å². The number of rotatable bonds is 5. The fourth-order valence-corrected chi connectivity index (χ4v) is 10.3. The minimum atomic E-state index is -2.72. The van der Waals surface area contributed by atoms with Gasteiger partial charge < -0.3 is 31.9 Å². The lowest BCUT2D eigenvalue weighted by atomic mass is 9.33. The third kappa shape index (κ3) is 3.94. The van der Waals surface area contributed by atoms with E-state index in [-0.39, 0.29) is 35.1 Å². The molecule has 43 heavy (non-hydrogen) atoms. The molecule has 0 saturated heterocycles. The number of amides is 1. The zero-order valence-corrected chi connectivity index (χ0v) is 25.7. The molecule has 5 rings (SSSR count). The number of nitrogens with two attached hydrogens (primary N) is 2. The van der Waals surface area contributed by atoms with Crippen LogP contribution in [0, 0.1) is 46.3 Å². The molecule has 0 aromatic heterocycles. The van der Waals surface area contributed by atoms with Crippen LogP contribution in [0.25, 0.3) is 0 Å². The molecule has 0 radical (unpaired) electrons. The molecule has 4 aliphatic carbocycles. The van der Waals surface area contributed by atoms with Crippen molar-refractivity contribution in [3.8, 4) is 5.75 Å². The molecule has 0 aliphatic heterocycles. The Kier molecular flexibility index (Phi) is 7.63. The zero-order chi connectivity index (χ0) is 32.0. The Morgan fingerprint density at radius 3 is 2.23 bits per heavy atom. The maximum atomic E-state index is 14.4. The van der Waals surface area contributed by atoms with Crippen LogP contribution < -0.4 is 11.5 Å². The molecule has 3 saturated carbocycles. The number of anilines is 1. The fraction of sp³-hybridized carbons (Fsp3) is 0.697. The Bertz CT molecular complexity index is 1370. The number of Topliss-reactive ketones (excluding diaryl/α,β-unsaturated/α-hetero) is 3. The van der Waals surface area contributed by atoms with E-state index in [1.807, 2.05) is 6.92 Å². The van der Waals surface area contributed by atoms with Crippen LogP contribution in [-0.2, 0) is 14.4 Å². The molecule has 0 heterocycles. The number of aromatic hydroxyl groups is 1. The van der Waals surface area contributed by atoms with Gasteiger partial charge in [-0.05, 0) is 59.6 Å². The van der Waals surface area contributed by atoms with Gasteiger partial charge in [-0.15, -0.1) is 0 Å². The molecule has 8 N–H and O–H groups in total. The number of phenols is 1. The van der Waals surface area contributed by atoms with Gasteiger partial charge in [0.2, 0.25) is 5.91 Å². The standard InChI is InChI=1S/C33H46N2O8/c1-14(2)24-27(39)23(30(35)42)28(40)33(43)29(41)25-26(38)22-18(36)12-11-17(34)21(22)15(3)31(25,4)20(32(24,33)5)13-19(37)16-9-7-6-8-10-16/h11-12,14-16,20,23-25,27,29,36,39,41,43H,6-10,13,34H2,1-5H3,(H2,35,42)/t15-,20-,23-,24+,25-,27?,29?,31-,32-,33+/m1/s1. The average Bonchev–Trinajstić information content (AvgIpc) is 2.93. The van der Waals surface area contributed by atoms with Gasteiger partial charge in [0.25, 0.3) is 0 Å². The topological polar surface area (TPSA) is 201 Å². The summed E-state index contributed by atoms with van der Waals surface area (Å²) in [5, 5.41) is 47.4. The van der Waals surface area contributed by atoms with Crippen molar-refractivity contribution in [1.29, 1.82) is 0 Å². The minimum absolute atomic E-state index is 0.0552. The van der Waals surface area contributed by atoms with E-state index in [2.05, 4.69) is 0 Å². The number of benzene rings is 1. The highest BCUT2D eigenvalue weighted by atomic mass is 16.4. The highest BCUT2D eigenvalue weighted by Gasteiger charge is 2.80. The van der Waals surface area contributed by atoms with Gasteiger partial charge in [-0.2, -0.15) is 0 Å². The predicted molar refractivity (Wildman–Crippen MR) is 158 cm³/mol. The van der Waals surface area contributed by atoms with Crippen molar-refractivity contribution in [1.82, 2.24) is 0 Å². The Morgan fingerprint density at radius 2 is 1.67 bits per heavy atom. The largest absolute Gasteiger partial charge is 0.507 e. The van der Waals surface area contributed by atoms with Gasteiger partial charge in [0.05, 0.1) is 17.6 Å². The van der Waals surface area contributed by atoms with Gasteiger partial charge in [-0.3, -0.25) is 19.2 Å². The summed E-state index contributed by atoms with van der Waals surface area (Å²) in [6, 6.07) is 2.79. The molecule has 1 amide bonds. The van der Waals surface area contributed by atoms with E-state index in [1.165, 1.54) is 12.1 Å². The lowest BCUT2D eigenvalue weighted by Gasteiger charge is -2.71. The first-order chi connectivity index (χ1) is 20.0. The summed E-state index contributed by atoms with van der Waals surface area (Å²) in [4.78, 5) is 55.4. The maximum absolute atomic E-state index is 14.4. The van der Waals surface area contributed by atoms with Crippen molar-refractivity contribution in [3.05, 3.63) is 23.3 Å². The van der Waals surface area contributed by atoms with E-state index in [0.29, 0.717) is 18.4 Å². The Labute approximate surface area is 252 Å². The minimum Gasteiger partial charge on any atom is -0.507 e. The number of fused-ring (bicyclic) bond motifs is 3. The molecule has 4 aliphatic rings. The summed E-state index contributed by atoms with van der Waals surface area (Å²) >= 11 is 0. The fourth-order valence-electron chi connectivity index (χ4n) is 10.3. The van der Waals surface area contributed by atoms with Crippen molar-refractivity contribution in [2.75, 3.05) is 5.73 Å². The van der Waals surface area contributed by atoms with E-state index in [0.717, 1.165) is 19.3 Å². The molecule has 1 aromatic carbocycles. The number of carbonyl (C=O) groups excluding carboxylic acids is 4. The number of carbonyl (C=O) groups is 4. The second kappa shape index (κ2) is 10.4. The summed E-state index contributed by atoms with van der Waals surface area (Å²) < 4.78 is 0. The summed E-state index contributed by atoms with van der Waals surface area (Å²) in [7, 11) is 0. The van der Waals surface area contributed by atoms with E-state index in [1.54, 1.807) is 27.7 Å². The average molecular weight is 599 g/mol. The van der Waals surface area contributed by atoms with Crippen molar-refractivity contribution in [3.63, 3.8) is 0 Å². The molecule has 10 atom stereocenters. The van der Waals surface area contributed by atoms with Crippen molar-refractivity contribution in [2.45, 2.75) is 96.9 Å². The quantitative estimate of drug-likeness (QED) is 0.167. The molecular weight excluding hydrogens is 552 g/mol. The molecule has 1 aromatic rings. The molecule has 2 unspecified atom stereocenters. The maximum Gasteiger partial charge on any atom is 0.230 e. The van der Waals surface area contributed by atoms with Crippen LogP contribution in [0.5, 0.6) is 5.75 Å². The normalized spacial score (nSPS) is 41.4. The summed E-state index contributed by atoms with van der Waals surface area (Å²) in [5.74, 6) is -9.82. The summed E-state index contributed by atoms with van der Waals surface area (Å²) in [6.07, 6.45) is 0.544. The van der Waals surface area contributed by atoms with Gasteiger partial charge >= 0.3 is 0 Å². The highest BCUT2D eigenvalue weighted by Crippen LogP contribution is 2.72. The highest BCUT2D eigenvalue weighted by molar-refractivity contribution is 6.10.